The zero-order valence-corrected chi connectivity index (χ0v) is 11.2. The molecular formula is C13H22N4. The number of anilines is 2. The van der Waals surface area contributed by atoms with Crippen LogP contribution in [-0.4, -0.2) is 22.6 Å². The van der Waals surface area contributed by atoms with Gasteiger partial charge in [0.15, 0.2) is 0 Å². The molecule has 17 heavy (non-hydrogen) atoms. The van der Waals surface area contributed by atoms with Gasteiger partial charge < -0.3 is 10.6 Å². The van der Waals surface area contributed by atoms with Crippen molar-refractivity contribution in [2.45, 2.75) is 46.6 Å². The molecule has 0 saturated heterocycles. The fourth-order valence-corrected chi connectivity index (χ4v) is 2.16. The van der Waals surface area contributed by atoms with Gasteiger partial charge in [0, 0.05) is 18.2 Å². The highest BCUT2D eigenvalue weighted by Gasteiger charge is 2.35. The average molecular weight is 234 g/mol. The Bertz CT molecular complexity index is 403. The molecule has 4 nitrogen and oxygen atoms in total. The average Bonchev–Trinajstić information content (AvgIpc) is 3.03. The summed E-state index contributed by atoms with van der Waals surface area (Å²) in [6.07, 6.45) is 2.52. The largest absolute Gasteiger partial charge is 0.370 e. The van der Waals surface area contributed by atoms with E-state index in [9.17, 15) is 0 Å². The van der Waals surface area contributed by atoms with Crippen LogP contribution in [0.1, 0.15) is 38.1 Å². The van der Waals surface area contributed by atoms with Crippen LogP contribution < -0.4 is 10.6 Å². The van der Waals surface area contributed by atoms with Gasteiger partial charge in [-0.25, -0.2) is 9.97 Å². The summed E-state index contributed by atoms with van der Waals surface area (Å²) in [5.74, 6) is 3.60. The van der Waals surface area contributed by atoms with Crippen LogP contribution in [0, 0.1) is 19.8 Å². The van der Waals surface area contributed by atoms with Gasteiger partial charge in [-0.15, -0.1) is 0 Å². The summed E-state index contributed by atoms with van der Waals surface area (Å²) in [7, 11) is 0. The molecule has 1 aliphatic carbocycles. The Morgan fingerprint density at radius 1 is 1.18 bits per heavy atom. The Morgan fingerprint density at radius 2 is 1.88 bits per heavy atom. The van der Waals surface area contributed by atoms with Gasteiger partial charge in [-0.05, 0) is 33.1 Å². The van der Waals surface area contributed by atoms with Gasteiger partial charge in [0.1, 0.15) is 17.5 Å². The van der Waals surface area contributed by atoms with Crippen molar-refractivity contribution < 1.29 is 0 Å². The van der Waals surface area contributed by atoms with E-state index < -0.39 is 0 Å². The highest BCUT2D eigenvalue weighted by atomic mass is 15.1. The van der Waals surface area contributed by atoms with Crippen molar-refractivity contribution in [2.24, 2.45) is 5.92 Å². The number of nitrogens with one attached hydrogen (secondary N) is 2. The zero-order valence-electron chi connectivity index (χ0n) is 11.2. The van der Waals surface area contributed by atoms with Gasteiger partial charge in [-0.2, -0.15) is 0 Å². The third-order valence-corrected chi connectivity index (χ3v) is 3.37. The van der Waals surface area contributed by atoms with Crippen LogP contribution in [-0.2, 0) is 0 Å². The van der Waals surface area contributed by atoms with Crippen LogP contribution in [0.4, 0.5) is 11.6 Å². The van der Waals surface area contributed by atoms with Gasteiger partial charge in [0.05, 0.1) is 0 Å². The predicted octanol–water partition coefficient (Wildman–Crippen LogP) is 2.74. The van der Waals surface area contributed by atoms with E-state index in [2.05, 4.69) is 41.4 Å². The Morgan fingerprint density at radius 3 is 2.47 bits per heavy atom. The second kappa shape index (κ2) is 4.90. The van der Waals surface area contributed by atoms with Crippen LogP contribution in [0.3, 0.4) is 0 Å². The zero-order chi connectivity index (χ0) is 12.4. The summed E-state index contributed by atoms with van der Waals surface area (Å²) in [6, 6.07) is 0.613. The first kappa shape index (κ1) is 12.1. The fraction of sp³-hybridized carbons (Fsp3) is 0.692. The standard InChI is InChI=1S/C13H22N4/c1-5-10-7-11(10)17-13-8(3)12(14-6-2)15-9(4)16-13/h10-11H,5-7H2,1-4H3,(H2,14,15,16,17). The molecule has 0 bridgehead atoms. The van der Waals surface area contributed by atoms with Crippen molar-refractivity contribution in [1.29, 1.82) is 0 Å². The van der Waals surface area contributed by atoms with Gasteiger partial charge in [0.2, 0.25) is 0 Å². The second-order valence-electron chi connectivity index (χ2n) is 4.78. The van der Waals surface area contributed by atoms with Gasteiger partial charge in [-0.1, -0.05) is 13.3 Å². The van der Waals surface area contributed by atoms with E-state index in [1.807, 2.05) is 6.92 Å². The van der Waals surface area contributed by atoms with E-state index in [4.69, 9.17) is 0 Å². The van der Waals surface area contributed by atoms with Crippen LogP contribution in [0.15, 0.2) is 0 Å². The van der Waals surface area contributed by atoms with E-state index in [-0.39, 0.29) is 0 Å². The molecule has 0 aliphatic heterocycles. The molecule has 1 fully saturated rings. The van der Waals surface area contributed by atoms with E-state index in [0.717, 1.165) is 35.5 Å². The number of nitrogens with zero attached hydrogens (tertiary/aromatic N) is 2. The molecule has 0 spiro atoms. The number of aromatic nitrogens is 2. The third-order valence-electron chi connectivity index (χ3n) is 3.37. The first-order valence-corrected chi connectivity index (χ1v) is 6.51. The lowest BCUT2D eigenvalue weighted by molar-refractivity contribution is 0.772. The smallest absolute Gasteiger partial charge is 0.134 e. The molecule has 1 aliphatic rings. The minimum Gasteiger partial charge on any atom is -0.370 e. The highest BCUT2D eigenvalue weighted by Crippen LogP contribution is 2.36. The molecule has 1 saturated carbocycles. The van der Waals surface area contributed by atoms with Crippen LogP contribution in [0.5, 0.6) is 0 Å². The Balaban J connectivity index is 2.15. The Kier molecular flexibility index (Phi) is 3.50. The summed E-state index contributed by atoms with van der Waals surface area (Å²) in [5.41, 5.74) is 1.12. The lowest BCUT2D eigenvalue weighted by Gasteiger charge is -2.13. The molecule has 94 valence electrons. The fourth-order valence-electron chi connectivity index (χ4n) is 2.16. The molecule has 1 heterocycles. The van der Waals surface area contributed by atoms with Crippen molar-refractivity contribution >= 4 is 11.6 Å². The van der Waals surface area contributed by atoms with E-state index in [1.165, 1.54) is 12.8 Å². The van der Waals surface area contributed by atoms with Crippen molar-refractivity contribution in [1.82, 2.24) is 9.97 Å². The lowest BCUT2D eigenvalue weighted by atomic mass is 10.3. The molecule has 2 rings (SSSR count). The predicted molar refractivity (Wildman–Crippen MR) is 71.5 cm³/mol. The van der Waals surface area contributed by atoms with Gasteiger partial charge >= 0.3 is 0 Å². The summed E-state index contributed by atoms with van der Waals surface area (Å²) in [6.45, 7) is 9.23. The van der Waals surface area contributed by atoms with E-state index in [0.29, 0.717) is 6.04 Å². The molecular weight excluding hydrogens is 212 g/mol. The van der Waals surface area contributed by atoms with Crippen LogP contribution in [0.2, 0.25) is 0 Å². The number of rotatable bonds is 5. The van der Waals surface area contributed by atoms with E-state index in [1.54, 1.807) is 0 Å². The quantitative estimate of drug-likeness (QED) is 0.822. The maximum absolute atomic E-state index is 4.50. The summed E-state index contributed by atoms with van der Waals surface area (Å²) < 4.78 is 0. The molecule has 0 radical (unpaired) electrons. The van der Waals surface area contributed by atoms with Crippen LogP contribution in [0.25, 0.3) is 0 Å². The van der Waals surface area contributed by atoms with Gasteiger partial charge in [-0.3, -0.25) is 0 Å². The minimum atomic E-state index is 0.613. The lowest BCUT2D eigenvalue weighted by Crippen LogP contribution is -2.12. The topological polar surface area (TPSA) is 49.8 Å². The van der Waals surface area contributed by atoms with Crippen LogP contribution >= 0.6 is 0 Å². The van der Waals surface area contributed by atoms with Crippen molar-refractivity contribution in [2.75, 3.05) is 17.2 Å². The Hall–Kier alpha value is -1.32. The van der Waals surface area contributed by atoms with E-state index >= 15 is 0 Å². The normalized spacial score (nSPS) is 22.4. The molecule has 0 amide bonds. The maximum atomic E-state index is 4.50. The number of hydrogen-bond donors (Lipinski definition) is 2. The first-order valence-electron chi connectivity index (χ1n) is 6.51. The molecule has 2 N–H and O–H groups in total. The van der Waals surface area contributed by atoms with Crippen molar-refractivity contribution in [3.8, 4) is 0 Å². The molecule has 2 unspecified atom stereocenters. The third kappa shape index (κ3) is 2.68. The monoisotopic (exact) mass is 234 g/mol. The SMILES string of the molecule is CCNc1nc(C)nc(NC2CC2CC)c1C. The summed E-state index contributed by atoms with van der Waals surface area (Å²) >= 11 is 0. The van der Waals surface area contributed by atoms with Gasteiger partial charge in [0.25, 0.3) is 0 Å². The minimum absolute atomic E-state index is 0.613. The van der Waals surface area contributed by atoms with Crippen molar-refractivity contribution in [3.63, 3.8) is 0 Å². The molecule has 1 aromatic rings. The molecule has 4 heteroatoms. The highest BCUT2D eigenvalue weighted by molar-refractivity contribution is 5.58. The first-order chi connectivity index (χ1) is 8.15. The number of aryl methyl sites for hydroxylation is 1. The maximum Gasteiger partial charge on any atom is 0.134 e. The Labute approximate surface area is 103 Å². The molecule has 0 aromatic carbocycles. The summed E-state index contributed by atoms with van der Waals surface area (Å²) in [4.78, 5) is 8.93. The molecule has 2 atom stereocenters. The number of hydrogen-bond acceptors (Lipinski definition) is 4. The second-order valence-corrected chi connectivity index (χ2v) is 4.78. The molecule has 1 aromatic heterocycles. The summed E-state index contributed by atoms with van der Waals surface area (Å²) in [5, 5.41) is 6.82. The van der Waals surface area contributed by atoms with Crippen molar-refractivity contribution in [3.05, 3.63) is 11.4 Å².